The molecule has 138 valence electrons. The highest BCUT2D eigenvalue weighted by Crippen LogP contribution is 2.31. The molecule has 2 aliphatic rings. The molecule has 4 rings (SSSR count). The number of carbonyl (C=O) groups excluding carboxylic acids is 1. The lowest BCUT2D eigenvalue weighted by molar-refractivity contribution is -0.116. The van der Waals surface area contributed by atoms with Crippen molar-refractivity contribution in [3.8, 4) is 0 Å². The number of amides is 1. The number of nitrogens with one attached hydrogen (secondary N) is 1. The molecule has 0 aromatic heterocycles. The molecule has 6 nitrogen and oxygen atoms in total. The number of halogens is 1. The maximum Gasteiger partial charge on any atom is 0.276 e. The molecule has 2 aromatic carbocycles. The summed E-state index contributed by atoms with van der Waals surface area (Å²) in [5.41, 5.74) is 2.60. The van der Waals surface area contributed by atoms with Crippen LogP contribution in [0.5, 0.6) is 0 Å². The summed E-state index contributed by atoms with van der Waals surface area (Å²) in [6.07, 6.45) is 1.49. The van der Waals surface area contributed by atoms with E-state index in [1.165, 1.54) is 11.8 Å². The number of carbonyl (C=O) groups is 1. The molecule has 2 aliphatic heterocycles. The molecular formula is C19H18BrN5OS. The van der Waals surface area contributed by atoms with Gasteiger partial charge >= 0.3 is 0 Å². The van der Waals surface area contributed by atoms with Crippen LogP contribution < -0.4 is 20.8 Å². The third kappa shape index (κ3) is 3.23. The van der Waals surface area contributed by atoms with E-state index in [0.717, 1.165) is 26.3 Å². The molecule has 1 amide bonds. The number of hydrogen-bond acceptors (Lipinski definition) is 6. The van der Waals surface area contributed by atoms with Crippen LogP contribution >= 0.6 is 27.7 Å². The minimum absolute atomic E-state index is 0.168. The van der Waals surface area contributed by atoms with Crippen LogP contribution in [-0.2, 0) is 4.79 Å². The number of hydrazone groups is 1. The maximum atomic E-state index is 12.8. The average Bonchev–Trinajstić information content (AvgIpc) is 2.67. The summed E-state index contributed by atoms with van der Waals surface area (Å²) in [6, 6.07) is 13.9. The zero-order valence-corrected chi connectivity index (χ0v) is 17.5. The predicted molar refractivity (Wildman–Crippen MR) is 113 cm³/mol. The number of thioether (sulfide) groups is 1. The van der Waals surface area contributed by atoms with E-state index in [2.05, 4.69) is 26.3 Å². The van der Waals surface area contributed by atoms with Crippen molar-refractivity contribution in [1.82, 2.24) is 10.3 Å². The lowest BCUT2D eigenvalue weighted by Gasteiger charge is -2.34. The van der Waals surface area contributed by atoms with Crippen molar-refractivity contribution in [2.75, 3.05) is 25.3 Å². The standard InChI is InChI=1S/C19H18BrN5OS/c1-24(2)13-7-4-11(5-8-13)17-21-15-9-6-12(20)10-14(15)16-18(26)22-19(27-3)23-25(16)17/h4-10,17H,1-3H3,(H,22,23,26)/t17-/m1/s1. The van der Waals surface area contributed by atoms with Crippen molar-refractivity contribution in [3.05, 3.63) is 63.1 Å². The van der Waals surface area contributed by atoms with Crippen molar-refractivity contribution >= 4 is 50.2 Å². The SMILES string of the molecule is CSC1=NN2C(=c3cc(Br)ccc3=N[C@H]2c2ccc(N(C)C)cc2)C(=O)N1. The molecule has 0 aliphatic carbocycles. The van der Waals surface area contributed by atoms with Gasteiger partial charge in [-0.05, 0) is 42.2 Å². The summed E-state index contributed by atoms with van der Waals surface area (Å²) in [4.78, 5) is 19.8. The van der Waals surface area contributed by atoms with Crippen LogP contribution in [0.3, 0.4) is 0 Å². The Balaban J connectivity index is 1.92. The minimum atomic E-state index is -0.391. The quantitative estimate of drug-likeness (QED) is 0.770. The third-order valence-electron chi connectivity index (χ3n) is 4.47. The van der Waals surface area contributed by atoms with E-state index >= 15 is 0 Å². The van der Waals surface area contributed by atoms with Crippen molar-refractivity contribution in [1.29, 1.82) is 0 Å². The van der Waals surface area contributed by atoms with Crippen LogP contribution in [0, 0.1) is 0 Å². The summed E-state index contributed by atoms with van der Waals surface area (Å²) >= 11 is 4.88. The zero-order chi connectivity index (χ0) is 19.1. The van der Waals surface area contributed by atoms with Crippen LogP contribution in [-0.4, -0.2) is 36.4 Å². The molecule has 0 spiro atoms. The zero-order valence-electron chi connectivity index (χ0n) is 15.1. The fourth-order valence-electron chi connectivity index (χ4n) is 3.11. The smallest absolute Gasteiger partial charge is 0.276 e. The van der Waals surface area contributed by atoms with Gasteiger partial charge in [0.05, 0.1) is 5.36 Å². The number of rotatable bonds is 2. The molecule has 0 unspecified atom stereocenters. The highest BCUT2D eigenvalue weighted by atomic mass is 79.9. The summed E-state index contributed by atoms with van der Waals surface area (Å²) in [5.74, 6) is -0.168. The Morgan fingerprint density at radius 3 is 2.59 bits per heavy atom. The van der Waals surface area contributed by atoms with Gasteiger partial charge in [-0.2, -0.15) is 0 Å². The van der Waals surface area contributed by atoms with Crippen LogP contribution in [0.2, 0.25) is 0 Å². The number of amidine groups is 1. The highest BCUT2D eigenvalue weighted by molar-refractivity contribution is 9.10. The van der Waals surface area contributed by atoms with Crippen molar-refractivity contribution in [3.63, 3.8) is 0 Å². The van der Waals surface area contributed by atoms with Gasteiger partial charge in [-0.1, -0.05) is 39.8 Å². The summed E-state index contributed by atoms with van der Waals surface area (Å²) in [7, 11) is 4.01. The molecule has 0 saturated carbocycles. The molecule has 27 heavy (non-hydrogen) atoms. The van der Waals surface area contributed by atoms with Crippen molar-refractivity contribution < 1.29 is 4.79 Å². The fourth-order valence-corrected chi connectivity index (χ4v) is 3.83. The molecule has 0 bridgehead atoms. The molecule has 1 N–H and O–H groups in total. The van der Waals surface area contributed by atoms with Gasteiger partial charge in [0.2, 0.25) is 0 Å². The normalized spacial score (nSPS) is 18.1. The Bertz CT molecular complexity index is 1060. The van der Waals surface area contributed by atoms with Crippen LogP contribution in [0.1, 0.15) is 11.7 Å². The van der Waals surface area contributed by atoms with Crippen molar-refractivity contribution in [2.45, 2.75) is 6.17 Å². The molecule has 8 heteroatoms. The first-order valence-corrected chi connectivity index (χ1v) is 10.4. The Labute approximate surface area is 169 Å². The molecule has 2 heterocycles. The van der Waals surface area contributed by atoms with Crippen molar-refractivity contribution in [2.24, 2.45) is 10.1 Å². The first-order valence-electron chi connectivity index (χ1n) is 8.36. The second-order valence-electron chi connectivity index (χ2n) is 6.41. The number of anilines is 1. The van der Waals surface area contributed by atoms with E-state index in [0.29, 0.717) is 10.9 Å². The second-order valence-corrected chi connectivity index (χ2v) is 8.12. The minimum Gasteiger partial charge on any atom is -0.378 e. The van der Waals surface area contributed by atoms with Gasteiger partial charge in [-0.15, -0.1) is 5.10 Å². The molecule has 0 saturated heterocycles. The molecule has 0 fully saturated rings. The first-order chi connectivity index (χ1) is 13.0. The van der Waals surface area contributed by atoms with Gasteiger partial charge in [0.1, 0.15) is 5.70 Å². The number of nitrogens with zero attached hydrogens (tertiary/aromatic N) is 4. The molecule has 1 atom stereocenters. The van der Waals surface area contributed by atoms with E-state index in [4.69, 9.17) is 4.99 Å². The van der Waals surface area contributed by atoms with Gasteiger partial charge < -0.3 is 4.90 Å². The third-order valence-corrected chi connectivity index (χ3v) is 5.53. The lowest BCUT2D eigenvalue weighted by Crippen LogP contribution is -2.50. The van der Waals surface area contributed by atoms with Crippen LogP contribution in [0.4, 0.5) is 5.69 Å². The average molecular weight is 444 g/mol. The van der Waals surface area contributed by atoms with Crippen LogP contribution in [0.15, 0.2) is 57.0 Å². The Morgan fingerprint density at radius 2 is 1.93 bits per heavy atom. The number of hydrogen-bond donors (Lipinski definition) is 1. The fraction of sp³-hybridized carbons (Fsp3) is 0.211. The maximum absolute atomic E-state index is 12.8. The van der Waals surface area contributed by atoms with Gasteiger partial charge in [-0.25, -0.2) is 5.01 Å². The van der Waals surface area contributed by atoms with Crippen LogP contribution in [0.25, 0.3) is 5.70 Å². The predicted octanol–water partition coefficient (Wildman–Crippen LogP) is 2.02. The summed E-state index contributed by atoms with van der Waals surface area (Å²) in [6.45, 7) is 0. The Morgan fingerprint density at radius 1 is 1.19 bits per heavy atom. The topological polar surface area (TPSA) is 60.3 Å². The Kier molecular flexibility index (Phi) is 4.69. The van der Waals surface area contributed by atoms with E-state index in [1.54, 1.807) is 5.01 Å². The highest BCUT2D eigenvalue weighted by Gasteiger charge is 2.34. The van der Waals surface area contributed by atoms with E-state index in [-0.39, 0.29) is 5.91 Å². The Hall–Kier alpha value is -2.32. The number of fused-ring (bicyclic) bond motifs is 2. The molecule has 0 radical (unpaired) electrons. The molecular weight excluding hydrogens is 426 g/mol. The van der Waals surface area contributed by atoms with E-state index in [9.17, 15) is 4.79 Å². The summed E-state index contributed by atoms with van der Waals surface area (Å²) < 4.78 is 0.894. The molecule has 2 aromatic rings. The van der Waals surface area contributed by atoms with Gasteiger partial charge in [0.25, 0.3) is 5.91 Å². The van der Waals surface area contributed by atoms with Gasteiger partial charge in [-0.3, -0.25) is 15.1 Å². The summed E-state index contributed by atoms with van der Waals surface area (Å²) in [5, 5.41) is 11.3. The monoisotopic (exact) mass is 443 g/mol. The number of benzene rings is 2. The van der Waals surface area contributed by atoms with Gasteiger partial charge in [0.15, 0.2) is 11.3 Å². The van der Waals surface area contributed by atoms with E-state index < -0.39 is 6.17 Å². The van der Waals surface area contributed by atoms with Gasteiger partial charge in [0, 0.05) is 29.5 Å². The first kappa shape index (κ1) is 18.1. The lowest BCUT2D eigenvalue weighted by atomic mass is 10.1. The van der Waals surface area contributed by atoms with E-state index in [1.807, 2.05) is 67.7 Å². The largest absolute Gasteiger partial charge is 0.378 e. The second kappa shape index (κ2) is 7.01.